The first-order valence-corrected chi connectivity index (χ1v) is 4.36. The van der Waals surface area contributed by atoms with Crippen LogP contribution in [-0.2, 0) is 22.4 Å². The number of aromatic nitrogens is 1. The Balaban J connectivity index is 2.38. The van der Waals surface area contributed by atoms with Crippen LogP contribution in [0.15, 0.2) is 10.6 Å². The van der Waals surface area contributed by atoms with Crippen LogP contribution in [0, 0.1) is 0 Å². The monoisotopic (exact) mass is 199 g/mol. The highest BCUT2D eigenvalue weighted by molar-refractivity contribution is 5.66. The van der Waals surface area contributed by atoms with E-state index in [2.05, 4.69) is 4.98 Å². The van der Waals surface area contributed by atoms with Crippen molar-refractivity contribution in [3.05, 3.63) is 17.8 Å². The van der Waals surface area contributed by atoms with Crippen molar-refractivity contribution in [2.45, 2.75) is 19.3 Å². The lowest BCUT2D eigenvalue weighted by atomic mass is 10.3. The highest BCUT2D eigenvalue weighted by Gasteiger charge is 2.05. The lowest BCUT2D eigenvalue weighted by Crippen LogP contribution is -1.96. The number of rotatable bonds is 6. The lowest BCUT2D eigenvalue weighted by Gasteiger charge is -1.93. The van der Waals surface area contributed by atoms with E-state index in [1.807, 2.05) is 0 Å². The summed E-state index contributed by atoms with van der Waals surface area (Å²) in [5.74, 6) is 0.366. The fraction of sp³-hybridized carbons (Fsp3) is 0.556. The maximum absolute atomic E-state index is 10.3. The van der Waals surface area contributed by atoms with Gasteiger partial charge in [-0.1, -0.05) is 0 Å². The maximum atomic E-state index is 10.3. The first kappa shape index (κ1) is 10.7. The van der Waals surface area contributed by atoms with Crippen molar-refractivity contribution in [2.24, 2.45) is 0 Å². The number of aryl methyl sites for hydroxylation is 1. The van der Waals surface area contributed by atoms with Gasteiger partial charge in [-0.25, -0.2) is 4.98 Å². The summed E-state index contributed by atoms with van der Waals surface area (Å²) in [5, 5.41) is 8.44. The van der Waals surface area contributed by atoms with Crippen molar-refractivity contribution in [3.63, 3.8) is 0 Å². The molecule has 78 valence electrons. The molecule has 5 heteroatoms. The second kappa shape index (κ2) is 5.39. The van der Waals surface area contributed by atoms with E-state index in [0.29, 0.717) is 31.1 Å². The summed E-state index contributed by atoms with van der Waals surface area (Å²) >= 11 is 0. The molecule has 1 heterocycles. The smallest absolute Gasteiger partial charge is 0.303 e. The minimum atomic E-state index is -0.833. The van der Waals surface area contributed by atoms with Crippen LogP contribution in [0.4, 0.5) is 0 Å². The number of methoxy groups -OCH3 is 1. The van der Waals surface area contributed by atoms with Crippen molar-refractivity contribution in [1.29, 1.82) is 0 Å². The molecule has 1 aromatic heterocycles. The number of nitrogens with zero attached hydrogens (tertiary/aromatic N) is 1. The molecule has 0 aliphatic carbocycles. The molecule has 0 amide bonds. The molecule has 0 bridgehead atoms. The Bertz CT molecular complexity index is 295. The molecule has 0 aliphatic rings. The standard InChI is InChI=1S/C9H13NO4/c1-13-5-4-8-10-6-7(14-8)2-3-9(11)12/h6H,2-5H2,1H3,(H,11,12). The number of carboxylic acid groups (broad SMARTS) is 1. The molecular formula is C9H13NO4. The Labute approximate surface area is 81.7 Å². The Morgan fingerprint density at radius 3 is 3.07 bits per heavy atom. The Morgan fingerprint density at radius 2 is 2.43 bits per heavy atom. The molecule has 1 aromatic rings. The van der Waals surface area contributed by atoms with Gasteiger partial charge in [0.25, 0.3) is 0 Å². The summed E-state index contributed by atoms with van der Waals surface area (Å²) in [6.07, 6.45) is 2.63. The van der Waals surface area contributed by atoms with Crippen molar-refractivity contribution in [1.82, 2.24) is 4.98 Å². The summed E-state index contributed by atoms with van der Waals surface area (Å²) in [7, 11) is 1.61. The van der Waals surface area contributed by atoms with Crippen LogP contribution in [0.25, 0.3) is 0 Å². The summed E-state index contributed by atoms with van der Waals surface area (Å²) in [4.78, 5) is 14.3. The molecule has 0 aromatic carbocycles. The third-order valence-corrected chi connectivity index (χ3v) is 1.71. The van der Waals surface area contributed by atoms with Crippen LogP contribution < -0.4 is 0 Å². The van der Waals surface area contributed by atoms with Crippen molar-refractivity contribution in [2.75, 3.05) is 13.7 Å². The first-order valence-electron chi connectivity index (χ1n) is 4.36. The van der Waals surface area contributed by atoms with Crippen molar-refractivity contribution >= 4 is 5.97 Å². The van der Waals surface area contributed by atoms with E-state index in [-0.39, 0.29) is 6.42 Å². The molecule has 0 spiro atoms. The Hall–Kier alpha value is -1.36. The Morgan fingerprint density at radius 1 is 1.64 bits per heavy atom. The molecule has 0 saturated carbocycles. The molecule has 14 heavy (non-hydrogen) atoms. The van der Waals surface area contributed by atoms with Gasteiger partial charge in [-0.2, -0.15) is 0 Å². The molecule has 0 aliphatic heterocycles. The quantitative estimate of drug-likeness (QED) is 0.736. The average molecular weight is 199 g/mol. The van der Waals surface area contributed by atoms with E-state index in [0.717, 1.165) is 0 Å². The lowest BCUT2D eigenvalue weighted by molar-refractivity contribution is -0.137. The zero-order valence-corrected chi connectivity index (χ0v) is 8.02. The SMILES string of the molecule is COCCc1ncc(CCC(=O)O)o1. The van der Waals surface area contributed by atoms with Crippen LogP contribution in [-0.4, -0.2) is 29.8 Å². The van der Waals surface area contributed by atoms with Crippen molar-refractivity contribution < 1.29 is 19.1 Å². The summed E-state index contributed by atoms with van der Waals surface area (Å²) in [5.41, 5.74) is 0. The third kappa shape index (κ3) is 3.57. The van der Waals surface area contributed by atoms with Gasteiger partial charge in [-0.3, -0.25) is 4.79 Å². The van der Waals surface area contributed by atoms with Gasteiger partial charge in [0.2, 0.25) is 0 Å². The summed E-state index contributed by atoms with van der Waals surface area (Å²) < 4.78 is 10.1. The van der Waals surface area contributed by atoms with Gasteiger partial charge < -0.3 is 14.3 Å². The number of carboxylic acids is 1. The normalized spacial score (nSPS) is 10.4. The number of hydrogen-bond acceptors (Lipinski definition) is 4. The zero-order chi connectivity index (χ0) is 10.4. The number of ether oxygens (including phenoxy) is 1. The minimum Gasteiger partial charge on any atom is -0.481 e. The van der Waals surface area contributed by atoms with Crippen molar-refractivity contribution in [3.8, 4) is 0 Å². The molecule has 1 rings (SSSR count). The predicted molar refractivity (Wildman–Crippen MR) is 48.0 cm³/mol. The fourth-order valence-electron chi connectivity index (χ4n) is 0.999. The fourth-order valence-corrected chi connectivity index (χ4v) is 0.999. The van der Waals surface area contributed by atoms with E-state index in [1.54, 1.807) is 13.3 Å². The number of oxazole rings is 1. The summed E-state index contributed by atoms with van der Waals surface area (Å²) in [6, 6.07) is 0. The van der Waals surface area contributed by atoms with Crippen LogP contribution in [0.1, 0.15) is 18.1 Å². The van der Waals surface area contributed by atoms with Crippen LogP contribution >= 0.6 is 0 Å². The van der Waals surface area contributed by atoms with Gasteiger partial charge in [0.05, 0.1) is 19.2 Å². The molecule has 0 fully saturated rings. The number of aliphatic carboxylic acids is 1. The zero-order valence-electron chi connectivity index (χ0n) is 8.02. The molecule has 0 atom stereocenters. The topological polar surface area (TPSA) is 72.6 Å². The van der Waals surface area contributed by atoms with E-state index in [1.165, 1.54) is 0 Å². The third-order valence-electron chi connectivity index (χ3n) is 1.71. The molecule has 1 N–H and O–H groups in total. The van der Waals surface area contributed by atoms with Gasteiger partial charge in [0.15, 0.2) is 5.89 Å². The first-order chi connectivity index (χ1) is 6.72. The van der Waals surface area contributed by atoms with Gasteiger partial charge in [-0.05, 0) is 0 Å². The van der Waals surface area contributed by atoms with Gasteiger partial charge >= 0.3 is 5.97 Å². The van der Waals surface area contributed by atoms with Gasteiger partial charge in [0.1, 0.15) is 5.76 Å². The van der Waals surface area contributed by atoms with Crippen LogP contribution in [0.2, 0.25) is 0 Å². The number of hydrogen-bond donors (Lipinski definition) is 1. The van der Waals surface area contributed by atoms with Gasteiger partial charge in [-0.15, -0.1) is 0 Å². The van der Waals surface area contributed by atoms with E-state index >= 15 is 0 Å². The van der Waals surface area contributed by atoms with E-state index < -0.39 is 5.97 Å². The summed E-state index contributed by atoms with van der Waals surface area (Å²) in [6.45, 7) is 0.554. The second-order valence-electron chi connectivity index (χ2n) is 2.86. The van der Waals surface area contributed by atoms with Crippen LogP contribution in [0.3, 0.4) is 0 Å². The highest BCUT2D eigenvalue weighted by atomic mass is 16.5. The predicted octanol–water partition coefficient (Wildman–Crippen LogP) is 0.881. The van der Waals surface area contributed by atoms with E-state index in [9.17, 15) is 4.79 Å². The molecule has 0 saturated heterocycles. The van der Waals surface area contributed by atoms with E-state index in [4.69, 9.17) is 14.3 Å². The molecular weight excluding hydrogens is 186 g/mol. The van der Waals surface area contributed by atoms with Gasteiger partial charge in [0, 0.05) is 20.0 Å². The highest BCUT2D eigenvalue weighted by Crippen LogP contribution is 2.06. The Kier molecular flexibility index (Phi) is 4.12. The molecule has 0 unspecified atom stereocenters. The second-order valence-corrected chi connectivity index (χ2v) is 2.86. The van der Waals surface area contributed by atoms with Crippen LogP contribution in [0.5, 0.6) is 0 Å². The minimum absolute atomic E-state index is 0.0684. The largest absolute Gasteiger partial charge is 0.481 e. The molecule has 0 radical (unpaired) electrons. The number of carbonyl (C=O) groups is 1. The average Bonchev–Trinajstić information content (AvgIpc) is 2.59. The maximum Gasteiger partial charge on any atom is 0.303 e. The molecule has 5 nitrogen and oxygen atoms in total.